The molecule has 0 amide bonds. The average molecular weight is 264 g/mol. The van der Waals surface area contributed by atoms with Gasteiger partial charge in [-0.05, 0) is 12.1 Å². The van der Waals surface area contributed by atoms with E-state index >= 15 is 0 Å². The van der Waals surface area contributed by atoms with Crippen LogP contribution in [0.1, 0.15) is 31.3 Å². The molecule has 17 heavy (non-hydrogen) atoms. The van der Waals surface area contributed by atoms with E-state index in [0.717, 1.165) is 22.1 Å². The zero-order valence-electron chi connectivity index (χ0n) is 10.3. The van der Waals surface area contributed by atoms with E-state index in [1.807, 2.05) is 18.2 Å². The van der Waals surface area contributed by atoms with Crippen molar-refractivity contribution in [1.29, 1.82) is 0 Å². The smallest absolute Gasteiger partial charge is 0.142 e. The van der Waals surface area contributed by atoms with Gasteiger partial charge in [0.15, 0.2) is 0 Å². The van der Waals surface area contributed by atoms with Crippen molar-refractivity contribution in [1.82, 2.24) is 9.97 Å². The van der Waals surface area contributed by atoms with Crippen LogP contribution in [0, 0.1) is 0 Å². The molecule has 2 aromatic rings. The van der Waals surface area contributed by atoms with E-state index in [1.165, 1.54) is 4.88 Å². The third-order valence-electron chi connectivity index (χ3n) is 2.44. The number of thiol groups is 1. The zero-order valence-corrected chi connectivity index (χ0v) is 12.0. The molecule has 0 aliphatic rings. The van der Waals surface area contributed by atoms with Crippen LogP contribution in [0.4, 0.5) is 0 Å². The molecule has 0 fully saturated rings. The first-order valence-corrected chi connectivity index (χ1v) is 6.99. The molecule has 4 heteroatoms. The third kappa shape index (κ3) is 2.69. The van der Waals surface area contributed by atoms with Crippen molar-refractivity contribution in [3.05, 3.63) is 35.0 Å². The summed E-state index contributed by atoms with van der Waals surface area (Å²) in [6, 6.07) is 5.90. The number of aromatic nitrogens is 2. The van der Waals surface area contributed by atoms with Gasteiger partial charge in [-0.15, -0.1) is 11.3 Å². The standard InChI is InChI=1S/C13H16N2S2/c1-13(2,3)11-10(8-16)17-12(15-11)9-6-4-5-7-14-9/h4-7,16H,8H2,1-3H3. The first-order chi connectivity index (χ1) is 8.02. The van der Waals surface area contributed by atoms with Crippen LogP contribution in [0.5, 0.6) is 0 Å². The van der Waals surface area contributed by atoms with Crippen LogP contribution in [-0.2, 0) is 11.2 Å². The summed E-state index contributed by atoms with van der Waals surface area (Å²) in [5.74, 6) is 0.733. The number of hydrogen-bond acceptors (Lipinski definition) is 4. The van der Waals surface area contributed by atoms with E-state index < -0.39 is 0 Å². The normalized spacial score (nSPS) is 11.8. The Balaban J connectivity index is 2.49. The molecule has 0 aliphatic carbocycles. The number of rotatable bonds is 2. The van der Waals surface area contributed by atoms with Gasteiger partial charge in [-0.2, -0.15) is 12.6 Å². The second-order valence-electron chi connectivity index (χ2n) is 4.91. The van der Waals surface area contributed by atoms with Crippen LogP contribution >= 0.6 is 24.0 Å². The Labute approximate surface area is 112 Å². The van der Waals surface area contributed by atoms with Crippen LogP contribution in [0.15, 0.2) is 24.4 Å². The summed E-state index contributed by atoms with van der Waals surface area (Å²) in [5, 5.41) is 0.986. The fourth-order valence-corrected chi connectivity index (χ4v) is 3.10. The van der Waals surface area contributed by atoms with Crippen molar-refractivity contribution >= 4 is 24.0 Å². The van der Waals surface area contributed by atoms with E-state index in [0.29, 0.717) is 0 Å². The Morgan fingerprint density at radius 1 is 1.29 bits per heavy atom. The highest BCUT2D eigenvalue weighted by molar-refractivity contribution is 7.79. The molecule has 0 atom stereocenters. The van der Waals surface area contributed by atoms with Crippen LogP contribution in [-0.4, -0.2) is 9.97 Å². The van der Waals surface area contributed by atoms with E-state index in [4.69, 9.17) is 4.98 Å². The van der Waals surface area contributed by atoms with Crippen molar-refractivity contribution in [2.45, 2.75) is 31.9 Å². The van der Waals surface area contributed by atoms with E-state index in [2.05, 4.69) is 38.4 Å². The molecule has 2 nitrogen and oxygen atoms in total. The van der Waals surface area contributed by atoms with Crippen LogP contribution < -0.4 is 0 Å². The Kier molecular flexibility index (Phi) is 3.54. The Hall–Kier alpha value is -0.870. The molecule has 0 aromatic carbocycles. The topological polar surface area (TPSA) is 25.8 Å². The molecule has 0 radical (unpaired) electrons. The summed E-state index contributed by atoms with van der Waals surface area (Å²) in [5.41, 5.74) is 2.14. The van der Waals surface area contributed by atoms with Gasteiger partial charge in [0.1, 0.15) is 5.01 Å². The van der Waals surface area contributed by atoms with E-state index in [1.54, 1.807) is 17.5 Å². The number of pyridine rings is 1. The van der Waals surface area contributed by atoms with Crippen molar-refractivity contribution in [3.8, 4) is 10.7 Å². The largest absolute Gasteiger partial charge is 0.254 e. The number of thiazole rings is 1. The lowest BCUT2D eigenvalue weighted by atomic mass is 9.91. The summed E-state index contributed by atoms with van der Waals surface area (Å²) < 4.78 is 0. The highest BCUT2D eigenvalue weighted by Gasteiger charge is 2.23. The first-order valence-electron chi connectivity index (χ1n) is 5.55. The van der Waals surface area contributed by atoms with Gasteiger partial charge < -0.3 is 0 Å². The van der Waals surface area contributed by atoms with Crippen molar-refractivity contribution < 1.29 is 0 Å². The molecule has 0 saturated heterocycles. The lowest BCUT2D eigenvalue weighted by Crippen LogP contribution is -2.13. The van der Waals surface area contributed by atoms with Crippen LogP contribution in [0.3, 0.4) is 0 Å². The molecule has 90 valence electrons. The van der Waals surface area contributed by atoms with E-state index in [9.17, 15) is 0 Å². The van der Waals surface area contributed by atoms with Gasteiger partial charge in [-0.3, -0.25) is 4.98 Å². The number of nitrogens with zero attached hydrogens (tertiary/aromatic N) is 2. The maximum Gasteiger partial charge on any atom is 0.142 e. The molecule has 0 bridgehead atoms. The maximum absolute atomic E-state index is 4.73. The van der Waals surface area contributed by atoms with Gasteiger partial charge >= 0.3 is 0 Å². The minimum atomic E-state index is 0.0571. The van der Waals surface area contributed by atoms with Gasteiger partial charge in [0.25, 0.3) is 0 Å². The summed E-state index contributed by atoms with van der Waals surface area (Å²) in [7, 11) is 0. The minimum absolute atomic E-state index is 0.0571. The molecule has 2 rings (SSSR count). The summed E-state index contributed by atoms with van der Waals surface area (Å²) in [4.78, 5) is 10.3. The SMILES string of the molecule is CC(C)(C)c1nc(-c2ccccn2)sc1CS. The highest BCUT2D eigenvalue weighted by Crippen LogP contribution is 2.34. The molecule has 0 spiro atoms. The Morgan fingerprint density at radius 2 is 2.06 bits per heavy atom. The lowest BCUT2D eigenvalue weighted by molar-refractivity contribution is 0.569. The monoisotopic (exact) mass is 264 g/mol. The average Bonchev–Trinajstić information content (AvgIpc) is 2.74. The molecule has 0 aliphatic heterocycles. The molecule has 2 heterocycles. The lowest BCUT2D eigenvalue weighted by Gasteiger charge is -2.16. The summed E-state index contributed by atoms with van der Waals surface area (Å²) in [6.45, 7) is 6.53. The second kappa shape index (κ2) is 4.78. The van der Waals surface area contributed by atoms with Gasteiger partial charge in [0, 0.05) is 22.2 Å². The fraction of sp³-hybridized carbons (Fsp3) is 0.385. The first kappa shape index (κ1) is 12.6. The Bertz CT molecular complexity index is 498. The second-order valence-corrected chi connectivity index (χ2v) is 6.31. The molecule has 0 saturated carbocycles. The van der Waals surface area contributed by atoms with Gasteiger partial charge in [-0.25, -0.2) is 4.98 Å². The predicted molar refractivity (Wildman–Crippen MR) is 76.7 cm³/mol. The Morgan fingerprint density at radius 3 is 2.53 bits per heavy atom. The van der Waals surface area contributed by atoms with Crippen molar-refractivity contribution in [2.75, 3.05) is 0 Å². The van der Waals surface area contributed by atoms with Crippen molar-refractivity contribution in [3.63, 3.8) is 0 Å². The summed E-state index contributed by atoms with van der Waals surface area (Å²) in [6.07, 6.45) is 1.80. The maximum atomic E-state index is 4.73. The highest BCUT2D eigenvalue weighted by atomic mass is 32.1. The van der Waals surface area contributed by atoms with Crippen LogP contribution in [0.2, 0.25) is 0 Å². The van der Waals surface area contributed by atoms with Gasteiger partial charge in [0.2, 0.25) is 0 Å². The zero-order chi connectivity index (χ0) is 12.5. The molecule has 2 aromatic heterocycles. The third-order valence-corrected chi connectivity index (χ3v) is 4.04. The van der Waals surface area contributed by atoms with Gasteiger partial charge in [-0.1, -0.05) is 26.8 Å². The fourth-order valence-electron chi connectivity index (χ4n) is 1.64. The summed E-state index contributed by atoms with van der Waals surface area (Å²) >= 11 is 6.08. The number of hydrogen-bond donors (Lipinski definition) is 1. The van der Waals surface area contributed by atoms with Crippen molar-refractivity contribution in [2.24, 2.45) is 0 Å². The molecule has 0 N–H and O–H groups in total. The molecular weight excluding hydrogens is 248 g/mol. The van der Waals surface area contributed by atoms with E-state index in [-0.39, 0.29) is 5.41 Å². The molecule has 0 unspecified atom stereocenters. The quantitative estimate of drug-likeness (QED) is 0.832. The van der Waals surface area contributed by atoms with Gasteiger partial charge in [0.05, 0.1) is 11.4 Å². The molecular formula is C13H16N2S2. The van der Waals surface area contributed by atoms with Crippen LogP contribution in [0.25, 0.3) is 10.7 Å². The predicted octanol–water partition coefficient (Wildman–Crippen LogP) is 3.93. The minimum Gasteiger partial charge on any atom is -0.254 e.